The molecule has 0 spiro atoms. The van der Waals surface area contributed by atoms with E-state index in [1.807, 2.05) is 0 Å². The van der Waals surface area contributed by atoms with E-state index in [0.717, 1.165) is 31.7 Å². The summed E-state index contributed by atoms with van der Waals surface area (Å²) in [5, 5.41) is 6.18. The maximum absolute atomic E-state index is 12.5. The van der Waals surface area contributed by atoms with E-state index in [9.17, 15) is 22.8 Å². The minimum absolute atomic E-state index is 0. The van der Waals surface area contributed by atoms with Crippen molar-refractivity contribution in [2.45, 2.75) is 50.0 Å². The molecule has 3 N–H and O–H groups in total. The number of nitrogens with one attached hydrogen (secondary N) is 3. The van der Waals surface area contributed by atoms with Crippen LogP contribution in [0, 0.1) is 0 Å². The van der Waals surface area contributed by atoms with Crippen molar-refractivity contribution in [1.82, 2.24) is 15.6 Å². The van der Waals surface area contributed by atoms with Gasteiger partial charge in [-0.3, -0.25) is 9.59 Å². The van der Waals surface area contributed by atoms with E-state index in [2.05, 4.69) is 10.6 Å². The van der Waals surface area contributed by atoms with Crippen LogP contribution in [0.2, 0.25) is 0 Å². The Morgan fingerprint density at radius 3 is 2.30 bits per heavy atom. The lowest BCUT2D eigenvalue weighted by molar-refractivity contribution is -0.141. The second kappa shape index (κ2) is 6.52. The Hall–Kier alpha value is -1.54. The fraction of sp³-hybridized carbons (Fsp3) is 0.571. The third-order valence-corrected chi connectivity index (χ3v) is 4.27. The fourth-order valence-electron chi connectivity index (χ4n) is 3.26. The fourth-order valence-corrected chi connectivity index (χ4v) is 3.26. The molecule has 2 unspecified atom stereocenters. The monoisotopic (exact) mass is 351 g/mol. The second-order valence-electron chi connectivity index (χ2n) is 5.89. The quantitative estimate of drug-likeness (QED) is 0.761. The molecule has 2 aliphatic heterocycles. The van der Waals surface area contributed by atoms with Gasteiger partial charge >= 0.3 is 6.18 Å². The molecule has 2 saturated heterocycles. The van der Waals surface area contributed by atoms with E-state index >= 15 is 0 Å². The highest BCUT2D eigenvalue weighted by Gasteiger charge is 2.35. The maximum Gasteiger partial charge on any atom is 0.431 e. The Morgan fingerprint density at radius 2 is 1.78 bits per heavy atom. The van der Waals surface area contributed by atoms with E-state index < -0.39 is 23.3 Å². The Balaban J connectivity index is 0.00000192. The van der Waals surface area contributed by atoms with Gasteiger partial charge in [0.2, 0.25) is 0 Å². The summed E-state index contributed by atoms with van der Waals surface area (Å²) in [6, 6.07) is 2.33. The van der Waals surface area contributed by atoms with Gasteiger partial charge in [0.05, 0.1) is 0 Å². The van der Waals surface area contributed by atoms with Gasteiger partial charge < -0.3 is 15.6 Å². The van der Waals surface area contributed by atoms with Crippen molar-refractivity contribution in [2.75, 3.05) is 0 Å². The molecule has 2 fully saturated rings. The molecule has 0 radical (unpaired) electrons. The second-order valence-corrected chi connectivity index (χ2v) is 5.89. The highest BCUT2D eigenvalue weighted by molar-refractivity contribution is 5.94. The van der Waals surface area contributed by atoms with Crippen LogP contribution in [0.4, 0.5) is 13.2 Å². The molecule has 23 heavy (non-hydrogen) atoms. The zero-order valence-corrected chi connectivity index (χ0v) is 12.9. The molecule has 9 heteroatoms. The van der Waals surface area contributed by atoms with E-state index in [4.69, 9.17) is 0 Å². The summed E-state index contributed by atoms with van der Waals surface area (Å²) in [6.07, 6.45) is -0.945. The first-order chi connectivity index (χ1) is 10.3. The van der Waals surface area contributed by atoms with Gasteiger partial charge in [-0.25, -0.2) is 0 Å². The third kappa shape index (κ3) is 3.87. The molecule has 2 bridgehead atoms. The lowest BCUT2D eigenvalue weighted by Gasteiger charge is -2.29. The van der Waals surface area contributed by atoms with Crippen molar-refractivity contribution in [3.05, 3.63) is 33.7 Å². The van der Waals surface area contributed by atoms with Gasteiger partial charge in [0, 0.05) is 18.1 Å². The minimum Gasteiger partial charge on any atom is -0.349 e. The van der Waals surface area contributed by atoms with Gasteiger partial charge in [0.15, 0.2) is 0 Å². The summed E-state index contributed by atoms with van der Waals surface area (Å²) in [5.74, 6) is -0.624. The van der Waals surface area contributed by atoms with E-state index in [-0.39, 0.29) is 24.0 Å². The molecule has 0 aromatic carbocycles. The first-order valence-electron chi connectivity index (χ1n) is 7.20. The van der Waals surface area contributed by atoms with Crippen LogP contribution in [0.25, 0.3) is 0 Å². The van der Waals surface area contributed by atoms with Crippen LogP contribution in [-0.2, 0) is 6.18 Å². The predicted octanol–water partition coefficient (Wildman–Crippen LogP) is 1.83. The average molecular weight is 352 g/mol. The number of piperidine rings is 1. The largest absolute Gasteiger partial charge is 0.431 e. The van der Waals surface area contributed by atoms with Gasteiger partial charge in [-0.15, -0.1) is 12.4 Å². The number of fused-ring (bicyclic) bond motifs is 2. The van der Waals surface area contributed by atoms with E-state index in [1.54, 1.807) is 4.98 Å². The number of rotatable bonds is 2. The molecule has 2 aliphatic rings. The van der Waals surface area contributed by atoms with Crippen molar-refractivity contribution >= 4 is 18.3 Å². The summed E-state index contributed by atoms with van der Waals surface area (Å²) in [4.78, 5) is 25.5. The normalized spacial score (nSPS) is 26.5. The molecule has 2 atom stereocenters. The zero-order chi connectivity index (χ0) is 15.9. The summed E-state index contributed by atoms with van der Waals surface area (Å²) >= 11 is 0. The number of aromatic nitrogens is 1. The Kier molecular flexibility index (Phi) is 5.05. The Labute approximate surface area is 136 Å². The number of H-pyrrole nitrogens is 1. The van der Waals surface area contributed by atoms with Crippen molar-refractivity contribution in [1.29, 1.82) is 0 Å². The molecule has 3 rings (SSSR count). The number of aromatic amines is 1. The average Bonchev–Trinajstić information content (AvgIpc) is 2.76. The van der Waals surface area contributed by atoms with Crippen LogP contribution in [-0.4, -0.2) is 29.0 Å². The summed E-state index contributed by atoms with van der Waals surface area (Å²) in [7, 11) is 0. The first-order valence-corrected chi connectivity index (χ1v) is 7.20. The summed E-state index contributed by atoms with van der Waals surface area (Å²) < 4.78 is 37.5. The number of hydrogen-bond donors (Lipinski definition) is 3. The van der Waals surface area contributed by atoms with Crippen LogP contribution in [0.5, 0.6) is 0 Å². The molecule has 1 aromatic rings. The minimum atomic E-state index is -4.64. The van der Waals surface area contributed by atoms with Gasteiger partial charge in [0.1, 0.15) is 11.3 Å². The molecular weight excluding hydrogens is 335 g/mol. The number of hydrogen-bond acceptors (Lipinski definition) is 3. The molecule has 0 saturated carbocycles. The Bertz CT molecular complexity index is 635. The van der Waals surface area contributed by atoms with Crippen LogP contribution in [0.1, 0.15) is 41.7 Å². The van der Waals surface area contributed by atoms with Crippen LogP contribution < -0.4 is 16.2 Å². The van der Waals surface area contributed by atoms with Crippen molar-refractivity contribution < 1.29 is 18.0 Å². The van der Waals surface area contributed by atoms with Gasteiger partial charge in [-0.2, -0.15) is 13.2 Å². The van der Waals surface area contributed by atoms with Crippen molar-refractivity contribution in [3.8, 4) is 0 Å². The number of halogens is 4. The van der Waals surface area contributed by atoms with Gasteiger partial charge in [-0.1, -0.05) is 0 Å². The van der Waals surface area contributed by atoms with Crippen LogP contribution in [0.15, 0.2) is 16.9 Å². The van der Waals surface area contributed by atoms with Crippen LogP contribution in [0.3, 0.4) is 0 Å². The molecule has 1 amide bonds. The summed E-state index contributed by atoms with van der Waals surface area (Å²) in [5.41, 5.74) is -2.47. The number of carbonyl (C=O) groups is 1. The van der Waals surface area contributed by atoms with Gasteiger partial charge in [0.25, 0.3) is 11.5 Å². The first kappa shape index (κ1) is 17.8. The van der Waals surface area contributed by atoms with Crippen molar-refractivity contribution in [3.63, 3.8) is 0 Å². The molecule has 5 nitrogen and oxygen atoms in total. The van der Waals surface area contributed by atoms with Gasteiger partial charge in [-0.05, 0) is 37.8 Å². The smallest absolute Gasteiger partial charge is 0.349 e. The highest BCUT2D eigenvalue weighted by Crippen LogP contribution is 2.27. The molecular formula is C14H17ClF3N3O2. The predicted molar refractivity (Wildman–Crippen MR) is 79.7 cm³/mol. The topological polar surface area (TPSA) is 74.0 Å². The number of amides is 1. The number of carbonyl (C=O) groups excluding carboxylic acids is 1. The van der Waals surface area contributed by atoms with Crippen molar-refractivity contribution in [2.24, 2.45) is 0 Å². The lowest BCUT2D eigenvalue weighted by Crippen LogP contribution is -2.48. The third-order valence-electron chi connectivity index (χ3n) is 4.27. The zero-order valence-electron chi connectivity index (χ0n) is 12.1. The Morgan fingerprint density at radius 1 is 1.17 bits per heavy atom. The molecule has 0 aliphatic carbocycles. The number of pyridine rings is 1. The SMILES string of the molecule is Cl.O=C(NC1CC2CCC(C1)N2)c1ccc(C(F)(F)F)[nH]c1=O. The van der Waals surface area contributed by atoms with E-state index in [0.29, 0.717) is 18.2 Å². The standard InChI is InChI=1S/C14H16F3N3O2.ClH/c15-14(16,17)11-4-3-10(13(22)20-11)12(21)19-9-5-7-1-2-8(6-9)18-7;/h3-4,7-9,18H,1-2,5-6H2,(H,19,21)(H,20,22);1H. The van der Waals surface area contributed by atoms with E-state index in [1.165, 1.54) is 0 Å². The lowest BCUT2D eigenvalue weighted by atomic mass is 9.99. The number of alkyl halides is 3. The highest BCUT2D eigenvalue weighted by atomic mass is 35.5. The van der Waals surface area contributed by atoms with Crippen LogP contribution >= 0.6 is 12.4 Å². The molecule has 128 valence electrons. The summed E-state index contributed by atoms with van der Waals surface area (Å²) in [6.45, 7) is 0. The molecule has 1 aromatic heterocycles. The molecule has 3 heterocycles. The maximum atomic E-state index is 12.5.